The van der Waals surface area contributed by atoms with Crippen molar-refractivity contribution in [1.82, 2.24) is 14.7 Å². The molecular weight excluding hydrogens is 322 g/mol. The van der Waals surface area contributed by atoms with Crippen LogP contribution in [0.4, 0.5) is 0 Å². The van der Waals surface area contributed by atoms with Gasteiger partial charge >= 0.3 is 0 Å². The number of amides is 2. The number of hydrogen-bond donors (Lipinski definition) is 0. The SMILES string of the molecule is CC(=O)N1CCC[C@@H]1[C@@H]1CCCN1CC(=O)N(C)Cc1cccs1. The van der Waals surface area contributed by atoms with Crippen molar-refractivity contribution in [3.05, 3.63) is 22.4 Å². The van der Waals surface area contributed by atoms with E-state index in [-0.39, 0.29) is 11.8 Å². The molecule has 3 rings (SSSR count). The predicted molar refractivity (Wildman–Crippen MR) is 95.8 cm³/mol. The molecule has 132 valence electrons. The van der Waals surface area contributed by atoms with Crippen LogP contribution in [-0.2, 0) is 16.1 Å². The van der Waals surface area contributed by atoms with Gasteiger partial charge in [0.05, 0.1) is 13.1 Å². The van der Waals surface area contributed by atoms with Gasteiger partial charge in [-0.2, -0.15) is 0 Å². The molecule has 0 radical (unpaired) electrons. The van der Waals surface area contributed by atoms with Gasteiger partial charge in [0.25, 0.3) is 0 Å². The lowest BCUT2D eigenvalue weighted by Gasteiger charge is -2.34. The molecule has 5 nitrogen and oxygen atoms in total. The summed E-state index contributed by atoms with van der Waals surface area (Å²) in [4.78, 5) is 31.8. The van der Waals surface area contributed by atoms with E-state index in [1.54, 1.807) is 18.3 Å². The summed E-state index contributed by atoms with van der Waals surface area (Å²) in [6.45, 7) is 4.65. The molecule has 3 heterocycles. The molecule has 1 aromatic heterocycles. The van der Waals surface area contributed by atoms with Crippen LogP contribution in [0.3, 0.4) is 0 Å². The zero-order valence-corrected chi connectivity index (χ0v) is 15.4. The Morgan fingerprint density at radius 1 is 1.25 bits per heavy atom. The van der Waals surface area contributed by atoms with Crippen LogP contribution in [0.1, 0.15) is 37.5 Å². The lowest BCUT2D eigenvalue weighted by molar-refractivity contribution is -0.133. The van der Waals surface area contributed by atoms with Gasteiger partial charge < -0.3 is 9.80 Å². The average Bonchev–Trinajstić information content (AvgIpc) is 3.27. The molecule has 2 aliphatic heterocycles. The third-order valence-electron chi connectivity index (χ3n) is 5.30. The highest BCUT2D eigenvalue weighted by Crippen LogP contribution is 2.30. The molecule has 0 bridgehead atoms. The highest BCUT2D eigenvalue weighted by molar-refractivity contribution is 7.09. The van der Waals surface area contributed by atoms with E-state index < -0.39 is 0 Å². The molecule has 6 heteroatoms. The fraction of sp³-hybridized carbons (Fsp3) is 0.667. The van der Waals surface area contributed by atoms with E-state index in [2.05, 4.69) is 11.0 Å². The summed E-state index contributed by atoms with van der Waals surface area (Å²) in [6, 6.07) is 4.72. The van der Waals surface area contributed by atoms with Crippen molar-refractivity contribution in [3.63, 3.8) is 0 Å². The number of thiophene rings is 1. The second kappa shape index (κ2) is 7.66. The first-order valence-electron chi connectivity index (χ1n) is 8.84. The first-order chi connectivity index (χ1) is 11.6. The zero-order chi connectivity index (χ0) is 17.1. The molecule has 1 aromatic rings. The molecular formula is C18H27N3O2S. The summed E-state index contributed by atoms with van der Waals surface area (Å²) in [6.07, 6.45) is 4.37. The van der Waals surface area contributed by atoms with Gasteiger partial charge in [-0.3, -0.25) is 14.5 Å². The second-order valence-corrected chi connectivity index (χ2v) is 7.96. The van der Waals surface area contributed by atoms with Gasteiger partial charge in [0.15, 0.2) is 0 Å². The molecule has 0 aromatic carbocycles. The van der Waals surface area contributed by atoms with E-state index in [9.17, 15) is 9.59 Å². The van der Waals surface area contributed by atoms with Crippen molar-refractivity contribution >= 4 is 23.2 Å². The van der Waals surface area contributed by atoms with Crippen molar-refractivity contribution in [2.75, 3.05) is 26.7 Å². The molecule has 0 spiro atoms. The molecule has 24 heavy (non-hydrogen) atoms. The predicted octanol–water partition coefficient (Wildman–Crippen LogP) is 2.18. The van der Waals surface area contributed by atoms with Gasteiger partial charge in [0.2, 0.25) is 11.8 Å². The Morgan fingerprint density at radius 3 is 2.71 bits per heavy atom. The minimum absolute atomic E-state index is 0.169. The maximum atomic E-state index is 12.6. The van der Waals surface area contributed by atoms with Crippen LogP contribution in [0.15, 0.2) is 17.5 Å². The third-order valence-corrected chi connectivity index (χ3v) is 6.16. The van der Waals surface area contributed by atoms with Crippen LogP contribution in [0.2, 0.25) is 0 Å². The summed E-state index contributed by atoms with van der Waals surface area (Å²) < 4.78 is 0. The second-order valence-electron chi connectivity index (χ2n) is 6.93. The van der Waals surface area contributed by atoms with E-state index >= 15 is 0 Å². The Hall–Kier alpha value is -1.40. The summed E-state index contributed by atoms with van der Waals surface area (Å²) in [5, 5.41) is 2.04. The number of rotatable bonds is 5. The summed E-state index contributed by atoms with van der Waals surface area (Å²) >= 11 is 1.68. The number of nitrogens with zero attached hydrogens (tertiary/aromatic N) is 3. The van der Waals surface area contributed by atoms with E-state index in [1.165, 1.54) is 4.88 Å². The van der Waals surface area contributed by atoms with E-state index in [0.717, 1.165) is 38.8 Å². The number of likely N-dealkylation sites (N-methyl/N-ethyl adjacent to an activating group) is 1. The molecule has 2 fully saturated rings. The fourth-order valence-corrected chi connectivity index (χ4v) is 4.84. The number of carbonyl (C=O) groups excluding carboxylic acids is 2. The largest absolute Gasteiger partial charge is 0.340 e. The zero-order valence-electron chi connectivity index (χ0n) is 14.6. The molecule has 2 atom stereocenters. The Morgan fingerprint density at radius 2 is 2.00 bits per heavy atom. The van der Waals surface area contributed by atoms with Crippen LogP contribution in [0, 0.1) is 0 Å². The van der Waals surface area contributed by atoms with Gasteiger partial charge in [-0.15, -0.1) is 11.3 Å². The minimum atomic E-state index is 0.169. The molecule has 2 amide bonds. The first-order valence-corrected chi connectivity index (χ1v) is 9.72. The summed E-state index contributed by atoms with van der Waals surface area (Å²) in [5.41, 5.74) is 0. The first kappa shape index (κ1) is 17.4. The van der Waals surface area contributed by atoms with Crippen LogP contribution < -0.4 is 0 Å². The lowest BCUT2D eigenvalue weighted by atomic mass is 10.0. The Kier molecular flexibility index (Phi) is 5.56. The normalized spacial score (nSPS) is 24.5. The molecule has 0 aliphatic carbocycles. The maximum absolute atomic E-state index is 12.6. The monoisotopic (exact) mass is 349 g/mol. The van der Waals surface area contributed by atoms with Crippen LogP contribution in [0.25, 0.3) is 0 Å². The van der Waals surface area contributed by atoms with Crippen molar-refractivity contribution in [1.29, 1.82) is 0 Å². The van der Waals surface area contributed by atoms with Crippen molar-refractivity contribution < 1.29 is 9.59 Å². The number of likely N-dealkylation sites (tertiary alicyclic amines) is 2. The smallest absolute Gasteiger partial charge is 0.236 e. The van der Waals surface area contributed by atoms with Gasteiger partial charge in [0.1, 0.15) is 0 Å². The lowest BCUT2D eigenvalue weighted by Crippen LogP contribution is -2.50. The Labute approximate surface area is 148 Å². The van der Waals surface area contributed by atoms with Crippen molar-refractivity contribution in [2.24, 2.45) is 0 Å². The van der Waals surface area contributed by atoms with Crippen LogP contribution >= 0.6 is 11.3 Å². The maximum Gasteiger partial charge on any atom is 0.236 e. The quantitative estimate of drug-likeness (QED) is 0.818. The van der Waals surface area contributed by atoms with Crippen molar-refractivity contribution in [2.45, 2.75) is 51.2 Å². The van der Waals surface area contributed by atoms with Gasteiger partial charge in [-0.25, -0.2) is 0 Å². The highest BCUT2D eigenvalue weighted by Gasteiger charge is 2.39. The number of carbonyl (C=O) groups is 2. The third kappa shape index (κ3) is 3.81. The number of hydrogen-bond acceptors (Lipinski definition) is 4. The standard InChI is InChI=1S/C18H27N3O2S/c1-14(22)21-10-4-8-17(21)16-7-3-9-20(16)13-18(23)19(2)12-15-6-5-11-24-15/h5-6,11,16-17H,3-4,7-10,12-13H2,1-2H3/t16-,17+/m0/s1. The Balaban J connectivity index is 1.59. The fourth-order valence-electron chi connectivity index (χ4n) is 4.09. The van der Waals surface area contributed by atoms with Gasteiger partial charge in [-0.1, -0.05) is 6.07 Å². The van der Waals surface area contributed by atoms with Crippen molar-refractivity contribution in [3.8, 4) is 0 Å². The van der Waals surface area contributed by atoms with E-state index in [4.69, 9.17) is 0 Å². The average molecular weight is 350 g/mol. The molecule has 0 unspecified atom stereocenters. The summed E-state index contributed by atoms with van der Waals surface area (Å²) in [7, 11) is 1.88. The summed E-state index contributed by atoms with van der Waals surface area (Å²) in [5.74, 6) is 0.341. The topological polar surface area (TPSA) is 43.9 Å². The molecule has 2 saturated heterocycles. The van der Waals surface area contributed by atoms with E-state index in [0.29, 0.717) is 25.2 Å². The van der Waals surface area contributed by atoms with Gasteiger partial charge in [0, 0.05) is 37.5 Å². The van der Waals surface area contributed by atoms with Crippen LogP contribution in [-0.4, -0.2) is 65.3 Å². The molecule has 0 N–H and O–H groups in total. The van der Waals surface area contributed by atoms with E-state index in [1.807, 2.05) is 28.3 Å². The molecule has 2 aliphatic rings. The van der Waals surface area contributed by atoms with Gasteiger partial charge in [-0.05, 0) is 43.7 Å². The Bertz CT molecular complexity index is 575. The van der Waals surface area contributed by atoms with Crippen LogP contribution in [0.5, 0.6) is 0 Å². The minimum Gasteiger partial charge on any atom is -0.340 e. The highest BCUT2D eigenvalue weighted by atomic mass is 32.1. The molecule has 0 saturated carbocycles.